The van der Waals surface area contributed by atoms with Crippen LogP contribution in [0.2, 0.25) is 51.4 Å². The molecule has 0 N–H and O–H groups in total. The largest absolute Gasteiger partial charge is 0.164 e. The predicted octanol–water partition coefficient (Wildman–Crippen LogP) is 6.12. The van der Waals surface area contributed by atoms with Crippen molar-refractivity contribution in [1.82, 2.24) is 0 Å². The summed E-state index contributed by atoms with van der Waals surface area (Å²) in [5.41, 5.74) is 5.19. The fourth-order valence-electron chi connectivity index (χ4n) is 3.23. The Hall–Kier alpha value is -1.43. The van der Waals surface area contributed by atoms with Crippen molar-refractivity contribution < 1.29 is 0 Å². The van der Waals surface area contributed by atoms with Gasteiger partial charge in [0.1, 0.15) is 0 Å². The van der Waals surface area contributed by atoms with Crippen LogP contribution >= 0.6 is 0 Å². The molecule has 0 nitrogen and oxygen atoms in total. The molecule has 0 aliphatic carbocycles. The Morgan fingerprint density at radius 1 is 0.556 bits per heavy atom. The predicted molar refractivity (Wildman–Crippen MR) is 132 cm³/mol. The molecule has 0 fully saturated rings. The minimum absolute atomic E-state index is 1.10. The van der Waals surface area contributed by atoms with Gasteiger partial charge in [0, 0.05) is 16.1 Å². The molecular formula is C24H36Si3. The number of hydrogen-bond donors (Lipinski definition) is 0. The van der Waals surface area contributed by atoms with E-state index in [1.807, 2.05) is 0 Å². The first-order valence-electron chi connectivity index (χ1n) is 10.1. The topological polar surface area (TPSA) is 0 Å². The van der Waals surface area contributed by atoms with Crippen LogP contribution in [0, 0.1) is 0 Å². The van der Waals surface area contributed by atoms with Crippen LogP contribution in [0.3, 0.4) is 0 Å². The molecule has 2 rings (SSSR count). The molecule has 0 aliphatic heterocycles. The highest BCUT2D eigenvalue weighted by molar-refractivity contribution is 7.09. The van der Waals surface area contributed by atoms with Gasteiger partial charge in [-0.05, 0) is 22.5 Å². The molecule has 3 heteroatoms. The second kappa shape index (κ2) is 9.18. The van der Waals surface area contributed by atoms with E-state index in [0.29, 0.717) is 0 Å². The van der Waals surface area contributed by atoms with Gasteiger partial charge in [-0.15, -0.1) is 0 Å². The first-order valence-corrected chi connectivity index (χ1v) is 19.7. The van der Waals surface area contributed by atoms with Crippen LogP contribution in [0.1, 0.15) is 0 Å². The maximum absolute atomic E-state index is 2.59. The van der Waals surface area contributed by atoms with Crippen LogP contribution in [0.15, 0.2) is 84.2 Å². The normalized spacial score (nSPS) is 13.6. The Labute approximate surface area is 170 Å². The molecule has 144 valence electrons. The van der Waals surface area contributed by atoms with Crippen molar-refractivity contribution in [1.29, 1.82) is 0 Å². The second-order valence-electron chi connectivity index (χ2n) is 9.94. The Morgan fingerprint density at radius 2 is 0.889 bits per heavy atom. The van der Waals surface area contributed by atoms with E-state index < -0.39 is 24.2 Å². The summed E-state index contributed by atoms with van der Waals surface area (Å²) in [4.78, 5) is 0. The van der Waals surface area contributed by atoms with E-state index in [-0.39, 0.29) is 0 Å². The van der Waals surface area contributed by atoms with Crippen molar-refractivity contribution >= 4 is 34.6 Å². The van der Waals surface area contributed by atoms with Gasteiger partial charge in [0.2, 0.25) is 0 Å². The summed E-state index contributed by atoms with van der Waals surface area (Å²) < 4.78 is 0. The molecule has 2 aromatic carbocycles. The van der Waals surface area contributed by atoms with Gasteiger partial charge in [-0.1, -0.05) is 123 Å². The molecule has 0 spiro atoms. The van der Waals surface area contributed by atoms with Crippen LogP contribution in [0.5, 0.6) is 0 Å². The number of allylic oxidation sites excluding steroid dienone is 2. The summed E-state index contributed by atoms with van der Waals surface area (Å²) in [5.74, 6) is 0. The summed E-state index contributed by atoms with van der Waals surface area (Å²) in [7, 11) is -4.27. The third-order valence-electron chi connectivity index (χ3n) is 4.72. The lowest BCUT2D eigenvalue weighted by Gasteiger charge is -2.28. The molecule has 0 atom stereocenters. The number of hydrogen-bond acceptors (Lipinski definition) is 0. The fraction of sp³-hybridized carbons (Fsp3) is 0.333. The third kappa shape index (κ3) is 6.91. The van der Waals surface area contributed by atoms with E-state index in [4.69, 9.17) is 0 Å². The highest BCUT2D eigenvalue weighted by Crippen LogP contribution is 2.16. The van der Waals surface area contributed by atoms with Crippen molar-refractivity contribution in [2.75, 3.05) is 0 Å². The average molecular weight is 409 g/mol. The number of rotatable bonds is 8. The zero-order valence-electron chi connectivity index (χ0n) is 18.0. The molecule has 0 aliphatic rings. The molecule has 0 amide bonds. The Bertz CT molecular complexity index is 680. The van der Waals surface area contributed by atoms with Crippen molar-refractivity contribution in [3.8, 4) is 0 Å². The van der Waals surface area contributed by atoms with Gasteiger partial charge in [0.25, 0.3) is 0 Å². The monoisotopic (exact) mass is 408 g/mol. The lowest BCUT2D eigenvalue weighted by molar-refractivity contribution is 1.51. The minimum Gasteiger partial charge on any atom is -0.0941 e. The minimum atomic E-state index is -2.06. The van der Waals surface area contributed by atoms with Crippen LogP contribution in [0.25, 0.3) is 0 Å². The van der Waals surface area contributed by atoms with Crippen molar-refractivity contribution in [2.24, 2.45) is 0 Å². The fourth-order valence-corrected chi connectivity index (χ4v) is 9.03. The summed E-state index contributed by atoms with van der Waals surface area (Å²) in [6.07, 6.45) is 4.99. The number of benzene rings is 2. The van der Waals surface area contributed by atoms with Crippen LogP contribution in [-0.4, -0.2) is 24.2 Å². The second-order valence-corrected chi connectivity index (χ2v) is 24.6. The van der Waals surface area contributed by atoms with Gasteiger partial charge in [0.05, 0.1) is 0 Å². The smallest absolute Gasteiger partial charge is 0.0941 e. The van der Waals surface area contributed by atoms with E-state index in [0.717, 1.165) is 0 Å². The van der Waals surface area contributed by atoms with E-state index in [1.54, 1.807) is 0 Å². The molecule has 0 unspecified atom stereocenters. The molecule has 27 heavy (non-hydrogen) atoms. The van der Waals surface area contributed by atoms with E-state index >= 15 is 0 Å². The Balaban J connectivity index is 2.58. The zero-order valence-corrected chi connectivity index (χ0v) is 21.0. The summed E-state index contributed by atoms with van der Waals surface area (Å²) in [5, 5.41) is 2.96. The van der Waals surface area contributed by atoms with Gasteiger partial charge < -0.3 is 0 Å². The molecule has 0 bridgehead atoms. The van der Waals surface area contributed by atoms with Gasteiger partial charge >= 0.3 is 0 Å². The quantitative estimate of drug-likeness (QED) is 0.462. The van der Waals surface area contributed by atoms with E-state index in [9.17, 15) is 0 Å². The summed E-state index contributed by atoms with van der Waals surface area (Å²) >= 11 is 0. The first kappa shape index (κ1) is 21.9. The highest BCUT2D eigenvalue weighted by Gasteiger charge is 2.32. The maximum Gasteiger partial charge on any atom is 0.164 e. The third-order valence-corrected chi connectivity index (χ3v) is 11.7. The summed E-state index contributed by atoms with van der Waals surface area (Å²) in [6.45, 7) is 14.7. The maximum atomic E-state index is 2.59. The van der Waals surface area contributed by atoms with E-state index in [2.05, 4.69) is 123 Å². The lowest BCUT2D eigenvalue weighted by Crippen LogP contribution is -2.56. The first-order chi connectivity index (χ1) is 12.6. The van der Waals surface area contributed by atoms with Gasteiger partial charge in [-0.3, -0.25) is 0 Å². The SMILES string of the molecule is C[Si](C)(C)C/C=C/[Si](/C=C/C[Si](C)(C)C)(c1ccccc1)c1ccccc1. The zero-order chi connectivity index (χ0) is 20.0. The molecule has 0 radical (unpaired) electrons. The van der Waals surface area contributed by atoms with Crippen molar-refractivity contribution in [3.63, 3.8) is 0 Å². The molecule has 2 aromatic rings. The van der Waals surface area contributed by atoms with Crippen LogP contribution < -0.4 is 10.4 Å². The van der Waals surface area contributed by atoms with E-state index in [1.165, 1.54) is 22.5 Å². The average Bonchev–Trinajstić information content (AvgIpc) is 2.60. The molecule has 0 heterocycles. The standard InChI is InChI=1S/C24H36Si3/c1-25(2,3)19-13-21-27(22-14-20-26(4,5)6,23-15-9-7-10-16-23)24-17-11-8-12-18-24/h7-18,21-22H,19-20H2,1-6H3/b21-13+,22-14+. The molecule has 0 saturated carbocycles. The molecule has 0 aromatic heterocycles. The van der Waals surface area contributed by atoms with Crippen molar-refractivity contribution in [2.45, 2.75) is 51.4 Å². The Morgan fingerprint density at radius 3 is 1.19 bits per heavy atom. The van der Waals surface area contributed by atoms with Gasteiger partial charge in [-0.2, -0.15) is 0 Å². The molecule has 0 saturated heterocycles. The van der Waals surface area contributed by atoms with Crippen molar-refractivity contribution in [3.05, 3.63) is 84.2 Å². The van der Waals surface area contributed by atoms with Crippen LogP contribution in [-0.2, 0) is 0 Å². The molecular weight excluding hydrogens is 373 g/mol. The highest BCUT2D eigenvalue weighted by atomic mass is 28.3. The van der Waals surface area contributed by atoms with Gasteiger partial charge in [-0.25, -0.2) is 0 Å². The summed E-state index contributed by atoms with van der Waals surface area (Å²) in [6, 6.07) is 24.8. The van der Waals surface area contributed by atoms with Crippen LogP contribution in [0.4, 0.5) is 0 Å². The van der Waals surface area contributed by atoms with Gasteiger partial charge in [0.15, 0.2) is 8.07 Å². The Kier molecular flexibility index (Phi) is 7.43. The lowest BCUT2D eigenvalue weighted by atomic mass is 10.4.